The van der Waals surface area contributed by atoms with E-state index in [1.165, 1.54) is 0 Å². The Kier molecular flexibility index (Phi) is 4.89. The molecule has 0 unspecified atom stereocenters. The van der Waals surface area contributed by atoms with E-state index in [2.05, 4.69) is 0 Å². The second-order valence-corrected chi connectivity index (χ2v) is 5.74. The topological polar surface area (TPSA) is 57.6 Å². The maximum Gasteiger partial charge on any atom is 0.308 e. The summed E-state index contributed by atoms with van der Waals surface area (Å²) in [5.74, 6) is -1.29. The van der Waals surface area contributed by atoms with Crippen molar-refractivity contribution in [2.24, 2.45) is 5.92 Å². The van der Waals surface area contributed by atoms with E-state index in [9.17, 15) is 9.59 Å². The molecule has 1 fully saturated rings. The Morgan fingerprint density at radius 2 is 2.10 bits per heavy atom. The van der Waals surface area contributed by atoms with Gasteiger partial charge in [-0.2, -0.15) is 0 Å². The monoisotopic (exact) mass is 315 g/mol. The maximum absolute atomic E-state index is 12.0. The number of aliphatic carboxylic acids is 1. The van der Waals surface area contributed by atoms with Gasteiger partial charge in [-0.1, -0.05) is 29.3 Å². The van der Waals surface area contributed by atoms with E-state index in [1.807, 2.05) is 6.07 Å². The van der Waals surface area contributed by atoms with E-state index in [0.29, 0.717) is 42.4 Å². The van der Waals surface area contributed by atoms with Crippen molar-refractivity contribution >= 4 is 35.1 Å². The largest absolute Gasteiger partial charge is 0.481 e. The molecule has 0 saturated carbocycles. The molecule has 6 heteroatoms. The number of aryl methyl sites for hydroxylation is 1. The smallest absolute Gasteiger partial charge is 0.308 e. The minimum atomic E-state index is -0.832. The number of benzene rings is 1. The van der Waals surface area contributed by atoms with E-state index < -0.39 is 11.9 Å². The van der Waals surface area contributed by atoms with Gasteiger partial charge in [-0.25, -0.2) is 0 Å². The third-order valence-corrected chi connectivity index (χ3v) is 4.10. The number of amides is 1. The Balaban J connectivity index is 1.88. The van der Waals surface area contributed by atoms with Crippen molar-refractivity contribution in [3.05, 3.63) is 33.8 Å². The first-order chi connectivity index (χ1) is 9.47. The lowest BCUT2D eigenvalue weighted by Gasteiger charge is -2.16. The van der Waals surface area contributed by atoms with Crippen LogP contribution in [-0.2, 0) is 16.0 Å². The van der Waals surface area contributed by atoms with Crippen molar-refractivity contribution in [2.75, 3.05) is 13.1 Å². The number of carboxylic acid groups (broad SMARTS) is 1. The molecule has 1 aromatic rings. The highest BCUT2D eigenvalue weighted by Gasteiger charge is 2.30. The van der Waals surface area contributed by atoms with Crippen LogP contribution in [0.4, 0.5) is 0 Å². The standard InChI is InChI=1S/C14H15Cl2NO3/c15-11-3-1-9(12(16)7-11)2-4-13(18)17-6-5-10(8-17)14(19)20/h1,3,7,10H,2,4-6,8H2,(H,19,20)/t10-/m1/s1. The van der Waals surface area contributed by atoms with Gasteiger partial charge in [0.1, 0.15) is 0 Å². The Morgan fingerprint density at radius 3 is 2.70 bits per heavy atom. The zero-order chi connectivity index (χ0) is 14.7. The van der Waals surface area contributed by atoms with E-state index in [4.69, 9.17) is 28.3 Å². The van der Waals surface area contributed by atoms with Crippen molar-refractivity contribution in [1.29, 1.82) is 0 Å². The third kappa shape index (κ3) is 3.64. The van der Waals surface area contributed by atoms with Crippen LogP contribution in [0, 0.1) is 5.92 Å². The number of halogens is 2. The lowest BCUT2D eigenvalue weighted by Crippen LogP contribution is -2.30. The molecule has 20 heavy (non-hydrogen) atoms. The quantitative estimate of drug-likeness (QED) is 0.929. The van der Waals surface area contributed by atoms with Crippen molar-refractivity contribution in [3.8, 4) is 0 Å². The van der Waals surface area contributed by atoms with Gasteiger partial charge in [0.05, 0.1) is 5.92 Å². The fourth-order valence-electron chi connectivity index (χ4n) is 2.31. The Labute approximate surface area is 127 Å². The van der Waals surface area contributed by atoms with Gasteiger partial charge in [-0.05, 0) is 30.5 Å². The molecule has 108 valence electrons. The third-order valence-electron chi connectivity index (χ3n) is 3.51. The Morgan fingerprint density at radius 1 is 1.35 bits per heavy atom. The summed E-state index contributed by atoms with van der Waals surface area (Å²) in [6.45, 7) is 0.826. The van der Waals surface area contributed by atoms with Crippen LogP contribution >= 0.6 is 23.2 Å². The molecule has 1 aliphatic rings. The summed E-state index contributed by atoms with van der Waals surface area (Å²) < 4.78 is 0. The van der Waals surface area contributed by atoms with Crippen molar-refractivity contribution in [3.63, 3.8) is 0 Å². The average Bonchev–Trinajstić information content (AvgIpc) is 2.87. The fourth-order valence-corrected chi connectivity index (χ4v) is 2.82. The molecule has 0 spiro atoms. The number of likely N-dealkylation sites (tertiary alicyclic amines) is 1. The van der Waals surface area contributed by atoms with Crippen LogP contribution in [0.25, 0.3) is 0 Å². The minimum absolute atomic E-state index is 0.0280. The molecule has 1 saturated heterocycles. The molecular formula is C14H15Cl2NO3. The summed E-state index contributed by atoms with van der Waals surface area (Å²) in [6.07, 6.45) is 1.39. The van der Waals surface area contributed by atoms with Gasteiger partial charge in [0, 0.05) is 29.6 Å². The van der Waals surface area contributed by atoms with Crippen LogP contribution < -0.4 is 0 Å². The lowest BCUT2D eigenvalue weighted by molar-refractivity contribution is -0.141. The number of nitrogens with zero attached hydrogens (tertiary/aromatic N) is 1. The zero-order valence-electron chi connectivity index (χ0n) is 10.8. The summed E-state index contributed by atoms with van der Waals surface area (Å²) >= 11 is 11.9. The number of hydrogen-bond acceptors (Lipinski definition) is 2. The summed E-state index contributed by atoms with van der Waals surface area (Å²) in [4.78, 5) is 24.5. The minimum Gasteiger partial charge on any atom is -0.481 e. The average molecular weight is 316 g/mol. The van der Waals surface area contributed by atoms with Gasteiger partial charge in [0.15, 0.2) is 0 Å². The maximum atomic E-state index is 12.0. The second-order valence-electron chi connectivity index (χ2n) is 4.90. The van der Waals surface area contributed by atoms with Crippen molar-refractivity contribution in [2.45, 2.75) is 19.3 Å². The molecular weight excluding hydrogens is 301 g/mol. The molecule has 0 aliphatic carbocycles. The number of carboxylic acids is 1. The molecule has 1 N–H and O–H groups in total. The molecule has 1 atom stereocenters. The van der Waals surface area contributed by atoms with Gasteiger partial charge < -0.3 is 10.0 Å². The summed E-state index contributed by atoms with van der Waals surface area (Å²) in [5, 5.41) is 10.0. The van der Waals surface area contributed by atoms with Gasteiger partial charge in [0.2, 0.25) is 5.91 Å². The predicted molar refractivity (Wildman–Crippen MR) is 77.1 cm³/mol. The van der Waals surface area contributed by atoms with Crippen molar-refractivity contribution < 1.29 is 14.7 Å². The van der Waals surface area contributed by atoms with Gasteiger partial charge in [-0.3, -0.25) is 9.59 Å². The Bertz CT molecular complexity index is 533. The van der Waals surface area contributed by atoms with Crippen LogP contribution in [-0.4, -0.2) is 35.0 Å². The normalized spacial score (nSPS) is 18.3. The SMILES string of the molecule is O=C(O)[C@@H]1CCN(C(=O)CCc2ccc(Cl)cc2Cl)C1. The highest BCUT2D eigenvalue weighted by Crippen LogP contribution is 2.23. The first-order valence-corrected chi connectivity index (χ1v) is 7.17. The fraction of sp³-hybridized carbons (Fsp3) is 0.429. The molecule has 0 radical (unpaired) electrons. The first-order valence-electron chi connectivity index (χ1n) is 6.42. The Hall–Kier alpha value is -1.26. The van der Waals surface area contributed by atoms with E-state index in [1.54, 1.807) is 17.0 Å². The van der Waals surface area contributed by atoms with Crippen LogP contribution in [0.15, 0.2) is 18.2 Å². The highest BCUT2D eigenvalue weighted by atomic mass is 35.5. The number of rotatable bonds is 4. The van der Waals surface area contributed by atoms with Gasteiger partial charge in [-0.15, -0.1) is 0 Å². The van der Waals surface area contributed by atoms with E-state index in [-0.39, 0.29) is 5.91 Å². The molecule has 0 bridgehead atoms. The zero-order valence-corrected chi connectivity index (χ0v) is 12.3. The predicted octanol–water partition coefficient (Wildman–Crippen LogP) is 2.86. The van der Waals surface area contributed by atoms with E-state index >= 15 is 0 Å². The number of hydrogen-bond donors (Lipinski definition) is 1. The molecule has 1 aliphatic heterocycles. The van der Waals surface area contributed by atoms with Gasteiger partial charge in [0.25, 0.3) is 0 Å². The van der Waals surface area contributed by atoms with Crippen LogP contribution in [0.1, 0.15) is 18.4 Å². The second kappa shape index (κ2) is 6.46. The van der Waals surface area contributed by atoms with Crippen molar-refractivity contribution in [1.82, 2.24) is 4.90 Å². The molecule has 0 aromatic heterocycles. The lowest BCUT2D eigenvalue weighted by atomic mass is 10.1. The molecule has 1 amide bonds. The van der Waals surface area contributed by atoms with E-state index in [0.717, 1.165) is 5.56 Å². The summed E-state index contributed by atoms with van der Waals surface area (Å²) in [5.41, 5.74) is 0.874. The molecule has 1 heterocycles. The molecule has 1 aromatic carbocycles. The number of carbonyl (C=O) groups excluding carboxylic acids is 1. The number of carbonyl (C=O) groups is 2. The molecule has 4 nitrogen and oxygen atoms in total. The van der Waals surface area contributed by atoms with Crippen LogP contribution in [0.3, 0.4) is 0 Å². The summed E-state index contributed by atoms with van der Waals surface area (Å²) in [7, 11) is 0. The first kappa shape index (κ1) is 15.1. The van der Waals surface area contributed by atoms with Crippen LogP contribution in [0.5, 0.6) is 0 Å². The van der Waals surface area contributed by atoms with Crippen LogP contribution in [0.2, 0.25) is 10.0 Å². The molecule has 2 rings (SSSR count). The van der Waals surface area contributed by atoms with Gasteiger partial charge >= 0.3 is 5.97 Å². The summed E-state index contributed by atoms with van der Waals surface area (Å²) in [6, 6.07) is 5.20. The highest BCUT2D eigenvalue weighted by molar-refractivity contribution is 6.35.